The van der Waals surface area contributed by atoms with Crippen molar-refractivity contribution in [2.24, 2.45) is 11.7 Å². The molecule has 1 aromatic heterocycles. The molecule has 2 amide bonds. The number of nitrogens with zero attached hydrogens (tertiary/aromatic N) is 1. The van der Waals surface area contributed by atoms with E-state index >= 15 is 0 Å². The molecule has 0 unspecified atom stereocenters. The van der Waals surface area contributed by atoms with Crippen molar-refractivity contribution >= 4 is 41.5 Å². The van der Waals surface area contributed by atoms with E-state index in [1.165, 1.54) is 13.3 Å². The minimum atomic E-state index is -2.45. The van der Waals surface area contributed by atoms with E-state index in [-0.39, 0.29) is 17.4 Å². The van der Waals surface area contributed by atoms with Crippen molar-refractivity contribution in [3.8, 4) is 5.75 Å². The number of hydrogen-bond acceptors (Lipinski definition) is 6. The van der Waals surface area contributed by atoms with Crippen LogP contribution >= 0.6 is 7.14 Å². The van der Waals surface area contributed by atoms with Crippen LogP contribution in [0.2, 0.25) is 0 Å². The zero-order valence-corrected chi connectivity index (χ0v) is 16.9. The molecule has 2 aromatic rings. The van der Waals surface area contributed by atoms with E-state index in [4.69, 9.17) is 10.5 Å². The Kier molecular flexibility index (Phi) is 5.42. The molecule has 1 aliphatic rings. The second kappa shape index (κ2) is 7.64. The smallest absolute Gasteiger partial charge is 0.252 e. The Hall–Kier alpha value is -2.86. The second-order valence-electron chi connectivity index (χ2n) is 7.10. The zero-order chi connectivity index (χ0) is 20.5. The van der Waals surface area contributed by atoms with Gasteiger partial charge in [-0.05, 0) is 44.4 Å². The van der Waals surface area contributed by atoms with Crippen LogP contribution < -0.4 is 26.4 Å². The van der Waals surface area contributed by atoms with Crippen molar-refractivity contribution in [3.63, 3.8) is 0 Å². The third kappa shape index (κ3) is 4.51. The number of anilines is 3. The number of rotatable bonds is 7. The molecule has 3 rings (SSSR count). The van der Waals surface area contributed by atoms with E-state index in [0.717, 1.165) is 12.8 Å². The van der Waals surface area contributed by atoms with E-state index in [9.17, 15) is 14.2 Å². The summed E-state index contributed by atoms with van der Waals surface area (Å²) in [4.78, 5) is 27.9. The number of primary amides is 1. The Labute approximate surface area is 163 Å². The summed E-state index contributed by atoms with van der Waals surface area (Å²) < 4.78 is 17.7. The van der Waals surface area contributed by atoms with Gasteiger partial charge in [0.25, 0.3) is 5.91 Å². The van der Waals surface area contributed by atoms with Gasteiger partial charge < -0.3 is 25.7 Å². The molecule has 9 heteroatoms. The van der Waals surface area contributed by atoms with E-state index in [0.29, 0.717) is 28.2 Å². The van der Waals surface area contributed by atoms with Gasteiger partial charge in [0.05, 0.1) is 24.0 Å². The molecule has 28 heavy (non-hydrogen) atoms. The molecule has 0 bridgehead atoms. The van der Waals surface area contributed by atoms with E-state index in [1.54, 1.807) is 37.6 Å². The number of pyridine rings is 1. The van der Waals surface area contributed by atoms with Gasteiger partial charge in [-0.1, -0.05) is 0 Å². The fourth-order valence-corrected chi connectivity index (χ4v) is 3.52. The lowest BCUT2D eigenvalue weighted by Gasteiger charge is -2.16. The largest absolute Gasteiger partial charge is 0.495 e. The minimum Gasteiger partial charge on any atom is -0.495 e. The summed E-state index contributed by atoms with van der Waals surface area (Å²) in [5.74, 6) is 0.0791. The van der Waals surface area contributed by atoms with E-state index in [2.05, 4.69) is 15.6 Å². The van der Waals surface area contributed by atoms with Crippen molar-refractivity contribution in [2.75, 3.05) is 31.1 Å². The summed E-state index contributed by atoms with van der Waals surface area (Å²) in [6.07, 6.45) is 3.07. The van der Waals surface area contributed by atoms with Gasteiger partial charge in [0.1, 0.15) is 18.7 Å². The number of nitrogens with one attached hydrogen (secondary N) is 2. The topological polar surface area (TPSA) is 123 Å². The van der Waals surface area contributed by atoms with Crippen molar-refractivity contribution in [1.29, 1.82) is 0 Å². The van der Waals surface area contributed by atoms with E-state index in [1.807, 2.05) is 0 Å². The number of methoxy groups -OCH3 is 1. The molecule has 1 aromatic carbocycles. The van der Waals surface area contributed by atoms with Crippen LogP contribution in [0.5, 0.6) is 5.75 Å². The Morgan fingerprint density at radius 1 is 1.21 bits per heavy atom. The van der Waals surface area contributed by atoms with Crippen molar-refractivity contribution in [2.45, 2.75) is 12.8 Å². The Bertz CT molecular complexity index is 982. The number of carbonyl (C=O) groups is 2. The number of benzene rings is 1. The van der Waals surface area contributed by atoms with Crippen molar-refractivity contribution in [1.82, 2.24) is 4.98 Å². The molecular formula is C19H23N4O4P. The van der Waals surface area contributed by atoms with Crippen molar-refractivity contribution < 1.29 is 18.9 Å². The van der Waals surface area contributed by atoms with E-state index < -0.39 is 13.0 Å². The number of ether oxygens (including phenoxy) is 1. The summed E-state index contributed by atoms with van der Waals surface area (Å²) in [7, 11) is -0.949. The highest BCUT2D eigenvalue weighted by atomic mass is 31.2. The highest BCUT2D eigenvalue weighted by Gasteiger charge is 2.30. The van der Waals surface area contributed by atoms with Crippen LogP contribution in [0.15, 0.2) is 30.5 Å². The summed E-state index contributed by atoms with van der Waals surface area (Å²) in [5, 5.41) is 6.53. The van der Waals surface area contributed by atoms with Crippen LogP contribution in [-0.4, -0.2) is 37.2 Å². The molecule has 4 N–H and O–H groups in total. The first kappa shape index (κ1) is 19.9. The maximum atomic E-state index is 12.3. The predicted molar refractivity (Wildman–Crippen MR) is 109 cm³/mol. The SMILES string of the molecule is COc1cc(P(C)(C)=O)ccc1Nc1cc(NC(=O)C2CC2)ncc1C(N)=O. The lowest BCUT2D eigenvalue weighted by Crippen LogP contribution is -2.17. The highest BCUT2D eigenvalue weighted by molar-refractivity contribution is 7.70. The summed E-state index contributed by atoms with van der Waals surface area (Å²) in [5.41, 5.74) is 6.58. The normalized spacial score (nSPS) is 13.7. The lowest BCUT2D eigenvalue weighted by molar-refractivity contribution is -0.117. The monoisotopic (exact) mass is 402 g/mol. The van der Waals surface area contributed by atoms with Gasteiger partial charge in [0.15, 0.2) is 0 Å². The van der Waals surface area contributed by atoms with Crippen LogP contribution in [0, 0.1) is 5.92 Å². The molecule has 0 spiro atoms. The number of nitrogens with two attached hydrogens (primary N) is 1. The summed E-state index contributed by atoms with van der Waals surface area (Å²) in [6.45, 7) is 3.36. The van der Waals surface area contributed by atoms with Crippen LogP contribution in [0.1, 0.15) is 23.2 Å². The highest BCUT2D eigenvalue weighted by Crippen LogP contribution is 2.38. The van der Waals surface area contributed by atoms with Gasteiger partial charge >= 0.3 is 0 Å². The standard InChI is InChI=1S/C19H23N4O4P/c1-27-16-8-12(28(2,3)26)6-7-14(16)22-15-9-17(21-10-13(15)18(20)24)23-19(25)11-4-5-11/h6-11H,4-5H2,1-3H3,(H2,20,24)(H2,21,22,23,25). The first-order valence-corrected chi connectivity index (χ1v) is 11.4. The quantitative estimate of drug-likeness (QED) is 0.612. The third-order valence-corrected chi connectivity index (χ3v) is 5.97. The van der Waals surface area contributed by atoms with Gasteiger partial charge in [0.2, 0.25) is 5.91 Å². The average Bonchev–Trinajstić information content (AvgIpc) is 3.46. The predicted octanol–water partition coefficient (Wildman–Crippen LogP) is 2.53. The van der Waals surface area contributed by atoms with Gasteiger partial charge in [-0.3, -0.25) is 9.59 Å². The summed E-state index contributed by atoms with van der Waals surface area (Å²) in [6, 6.07) is 6.72. The molecule has 148 valence electrons. The minimum absolute atomic E-state index is 0.0282. The van der Waals surface area contributed by atoms with Gasteiger partial charge in [-0.25, -0.2) is 4.98 Å². The maximum absolute atomic E-state index is 12.3. The fourth-order valence-electron chi connectivity index (χ4n) is 2.66. The Morgan fingerprint density at radius 3 is 2.50 bits per heavy atom. The van der Waals surface area contributed by atoms with Gasteiger partial charge in [0, 0.05) is 23.5 Å². The zero-order valence-electron chi connectivity index (χ0n) is 16.0. The Morgan fingerprint density at radius 2 is 1.93 bits per heavy atom. The van der Waals surface area contributed by atoms with Gasteiger partial charge in [-0.2, -0.15) is 0 Å². The van der Waals surface area contributed by atoms with Crippen LogP contribution in [0.4, 0.5) is 17.2 Å². The first-order chi connectivity index (χ1) is 13.2. The first-order valence-electron chi connectivity index (χ1n) is 8.80. The van der Waals surface area contributed by atoms with Crippen LogP contribution in [-0.2, 0) is 9.36 Å². The molecule has 1 aliphatic carbocycles. The van der Waals surface area contributed by atoms with Crippen LogP contribution in [0.25, 0.3) is 0 Å². The molecule has 0 aliphatic heterocycles. The average molecular weight is 402 g/mol. The molecule has 1 fully saturated rings. The number of carbonyl (C=O) groups excluding carboxylic acids is 2. The maximum Gasteiger partial charge on any atom is 0.252 e. The molecular weight excluding hydrogens is 379 g/mol. The molecule has 0 atom stereocenters. The molecule has 0 radical (unpaired) electrons. The molecule has 8 nitrogen and oxygen atoms in total. The molecule has 0 saturated heterocycles. The number of aromatic nitrogens is 1. The number of amides is 2. The number of hydrogen-bond donors (Lipinski definition) is 3. The third-order valence-electron chi connectivity index (χ3n) is 4.45. The van der Waals surface area contributed by atoms with Crippen LogP contribution in [0.3, 0.4) is 0 Å². The summed E-state index contributed by atoms with van der Waals surface area (Å²) >= 11 is 0. The molecule has 1 heterocycles. The molecule has 1 saturated carbocycles. The Balaban J connectivity index is 1.94. The van der Waals surface area contributed by atoms with Crippen molar-refractivity contribution in [3.05, 3.63) is 36.0 Å². The van der Waals surface area contributed by atoms with Gasteiger partial charge in [-0.15, -0.1) is 0 Å². The second-order valence-corrected chi connectivity index (χ2v) is 10.3. The fraction of sp³-hybridized carbons (Fsp3) is 0.316. The lowest BCUT2D eigenvalue weighted by atomic mass is 10.2.